The molecule has 1 saturated carbocycles. The Kier molecular flexibility index (Phi) is 4.98. The summed E-state index contributed by atoms with van der Waals surface area (Å²) >= 11 is 3.33. The van der Waals surface area contributed by atoms with Gasteiger partial charge >= 0.3 is 0 Å². The van der Waals surface area contributed by atoms with Gasteiger partial charge in [0.15, 0.2) is 0 Å². The van der Waals surface area contributed by atoms with Crippen molar-refractivity contribution in [3.05, 3.63) is 34.3 Å². The van der Waals surface area contributed by atoms with Crippen LogP contribution in [0.1, 0.15) is 29.6 Å². The Morgan fingerprint density at radius 3 is 2.41 bits per heavy atom. The van der Waals surface area contributed by atoms with E-state index in [4.69, 9.17) is 5.73 Å². The van der Waals surface area contributed by atoms with Crippen LogP contribution in [0.25, 0.3) is 0 Å². The van der Waals surface area contributed by atoms with Gasteiger partial charge in [-0.3, -0.25) is 4.79 Å². The minimum absolute atomic E-state index is 0. The van der Waals surface area contributed by atoms with Crippen LogP contribution in [0.15, 0.2) is 28.7 Å². The molecule has 94 valence electrons. The second kappa shape index (κ2) is 5.85. The maximum atomic E-state index is 11.8. The first-order chi connectivity index (χ1) is 7.59. The zero-order chi connectivity index (χ0) is 11.6. The van der Waals surface area contributed by atoms with Gasteiger partial charge < -0.3 is 11.1 Å². The first-order valence-corrected chi connectivity index (χ1v) is 6.21. The Hall–Kier alpha value is -0.580. The van der Waals surface area contributed by atoms with Crippen LogP contribution in [-0.2, 0) is 0 Å². The summed E-state index contributed by atoms with van der Waals surface area (Å²) in [4.78, 5) is 11.8. The van der Waals surface area contributed by atoms with Crippen molar-refractivity contribution in [2.75, 3.05) is 6.54 Å². The lowest BCUT2D eigenvalue weighted by molar-refractivity contribution is 0.0930. The van der Waals surface area contributed by atoms with Gasteiger partial charge in [-0.05, 0) is 43.5 Å². The molecule has 0 saturated heterocycles. The highest BCUT2D eigenvalue weighted by Crippen LogP contribution is 2.28. The van der Waals surface area contributed by atoms with Crippen LogP contribution in [0.2, 0.25) is 0 Å². The van der Waals surface area contributed by atoms with Crippen molar-refractivity contribution in [1.29, 1.82) is 0 Å². The van der Waals surface area contributed by atoms with Crippen LogP contribution in [0, 0.1) is 0 Å². The van der Waals surface area contributed by atoms with Crippen LogP contribution in [-0.4, -0.2) is 18.0 Å². The van der Waals surface area contributed by atoms with E-state index in [1.807, 2.05) is 12.1 Å². The van der Waals surface area contributed by atoms with Gasteiger partial charge in [0.05, 0.1) is 0 Å². The van der Waals surface area contributed by atoms with E-state index in [9.17, 15) is 4.79 Å². The Morgan fingerprint density at radius 1 is 1.35 bits per heavy atom. The van der Waals surface area contributed by atoms with Gasteiger partial charge in [0.25, 0.3) is 5.91 Å². The molecule has 1 fully saturated rings. The molecule has 3 nitrogen and oxygen atoms in total. The van der Waals surface area contributed by atoms with E-state index in [1.54, 1.807) is 12.1 Å². The van der Waals surface area contributed by atoms with Crippen LogP contribution in [0.3, 0.4) is 0 Å². The molecule has 0 bridgehead atoms. The zero-order valence-corrected chi connectivity index (χ0v) is 11.8. The third-order valence-corrected chi connectivity index (χ3v) is 3.59. The number of carbonyl (C=O) groups is 1. The molecule has 0 aliphatic heterocycles. The largest absolute Gasteiger partial charge is 0.350 e. The first kappa shape index (κ1) is 14.5. The second-order valence-corrected chi connectivity index (χ2v) is 5.32. The molecular formula is C12H16BrClN2O. The molecule has 0 heterocycles. The molecular weight excluding hydrogens is 304 g/mol. The summed E-state index contributed by atoms with van der Waals surface area (Å²) < 4.78 is 0.971. The van der Waals surface area contributed by atoms with Gasteiger partial charge in [-0.1, -0.05) is 15.9 Å². The van der Waals surface area contributed by atoms with E-state index in [0.717, 1.165) is 17.3 Å². The Morgan fingerprint density at radius 2 is 1.94 bits per heavy atom. The number of nitrogens with two attached hydrogens (primary N) is 1. The average Bonchev–Trinajstić information content (AvgIpc) is 2.24. The molecule has 1 aliphatic rings. The fourth-order valence-electron chi connectivity index (χ4n) is 1.77. The molecule has 0 unspecified atom stereocenters. The number of nitrogens with one attached hydrogen (secondary N) is 1. The molecule has 3 N–H and O–H groups in total. The molecule has 0 aromatic heterocycles. The van der Waals surface area contributed by atoms with Gasteiger partial charge in [-0.2, -0.15) is 0 Å². The molecule has 0 spiro atoms. The predicted molar refractivity (Wildman–Crippen MR) is 74.5 cm³/mol. The quantitative estimate of drug-likeness (QED) is 0.899. The second-order valence-electron chi connectivity index (χ2n) is 4.41. The maximum Gasteiger partial charge on any atom is 0.251 e. The topological polar surface area (TPSA) is 55.1 Å². The molecule has 1 amide bonds. The molecule has 0 radical (unpaired) electrons. The van der Waals surface area contributed by atoms with Crippen molar-refractivity contribution in [3.63, 3.8) is 0 Å². The molecule has 0 atom stereocenters. The highest BCUT2D eigenvalue weighted by atomic mass is 79.9. The normalized spacial score (nSPS) is 16.6. The van der Waals surface area contributed by atoms with Gasteiger partial charge in [0, 0.05) is 22.1 Å². The van der Waals surface area contributed by atoms with Crippen molar-refractivity contribution < 1.29 is 4.79 Å². The van der Waals surface area contributed by atoms with Gasteiger partial charge in [-0.25, -0.2) is 0 Å². The molecule has 2 rings (SSSR count). The fraction of sp³-hybridized carbons (Fsp3) is 0.417. The lowest BCUT2D eigenvalue weighted by atomic mass is 9.78. The van der Waals surface area contributed by atoms with E-state index in [2.05, 4.69) is 21.2 Å². The number of benzene rings is 1. The van der Waals surface area contributed by atoms with Crippen molar-refractivity contribution >= 4 is 34.2 Å². The SMILES string of the molecule is Cl.NC1(CNC(=O)c2ccc(Br)cc2)CCC1. The predicted octanol–water partition coefficient (Wildman–Crippen LogP) is 2.48. The lowest BCUT2D eigenvalue weighted by Gasteiger charge is -2.38. The van der Waals surface area contributed by atoms with Gasteiger partial charge in [0.1, 0.15) is 0 Å². The summed E-state index contributed by atoms with van der Waals surface area (Å²) in [5.41, 5.74) is 6.54. The van der Waals surface area contributed by atoms with E-state index >= 15 is 0 Å². The van der Waals surface area contributed by atoms with Crippen molar-refractivity contribution in [2.45, 2.75) is 24.8 Å². The van der Waals surface area contributed by atoms with Crippen molar-refractivity contribution in [3.8, 4) is 0 Å². The molecule has 5 heteroatoms. The van der Waals surface area contributed by atoms with Crippen molar-refractivity contribution in [2.24, 2.45) is 5.73 Å². The minimum Gasteiger partial charge on any atom is -0.350 e. The van der Waals surface area contributed by atoms with E-state index in [0.29, 0.717) is 12.1 Å². The van der Waals surface area contributed by atoms with Crippen LogP contribution >= 0.6 is 28.3 Å². The number of halogens is 2. The summed E-state index contributed by atoms with van der Waals surface area (Å²) in [5, 5.41) is 2.88. The molecule has 1 aromatic carbocycles. The highest BCUT2D eigenvalue weighted by molar-refractivity contribution is 9.10. The average molecular weight is 320 g/mol. The third kappa shape index (κ3) is 3.69. The summed E-state index contributed by atoms with van der Waals surface area (Å²) in [6.45, 7) is 0.571. The first-order valence-electron chi connectivity index (χ1n) is 5.42. The Labute approximate surface area is 116 Å². The standard InChI is InChI=1S/C12H15BrN2O.ClH/c13-10-4-2-9(3-5-10)11(16)15-8-12(14)6-1-7-12;/h2-5H,1,6-8,14H2,(H,15,16);1H. The maximum absolute atomic E-state index is 11.8. The van der Waals surface area contributed by atoms with Gasteiger partial charge in [0.2, 0.25) is 0 Å². The number of rotatable bonds is 3. The monoisotopic (exact) mass is 318 g/mol. The van der Waals surface area contributed by atoms with Crippen molar-refractivity contribution in [1.82, 2.24) is 5.32 Å². The molecule has 17 heavy (non-hydrogen) atoms. The van der Waals surface area contributed by atoms with Crippen LogP contribution in [0.4, 0.5) is 0 Å². The summed E-state index contributed by atoms with van der Waals surface area (Å²) in [6.07, 6.45) is 3.19. The molecule has 1 aliphatic carbocycles. The fourth-order valence-corrected chi connectivity index (χ4v) is 2.03. The Bertz CT molecular complexity index is 390. The molecule has 1 aromatic rings. The minimum atomic E-state index is -0.162. The number of carbonyl (C=O) groups excluding carboxylic acids is 1. The van der Waals surface area contributed by atoms with E-state index in [1.165, 1.54) is 6.42 Å². The van der Waals surface area contributed by atoms with E-state index < -0.39 is 0 Å². The van der Waals surface area contributed by atoms with E-state index in [-0.39, 0.29) is 23.9 Å². The third-order valence-electron chi connectivity index (χ3n) is 3.06. The lowest BCUT2D eigenvalue weighted by Crippen LogP contribution is -2.54. The highest BCUT2D eigenvalue weighted by Gasteiger charge is 2.32. The number of hydrogen-bond donors (Lipinski definition) is 2. The number of amides is 1. The van der Waals surface area contributed by atoms with Gasteiger partial charge in [-0.15, -0.1) is 12.4 Å². The smallest absolute Gasteiger partial charge is 0.251 e. The van der Waals surface area contributed by atoms with Crippen LogP contribution < -0.4 is 11.1 Å². The zero-order valence-electron chi connectivity index (χ0n) is 9.41. The number of hydrogen-bond acceptors (Lipinski definition) is 2. The Balaban J connectivity index is 0.00000144. The summed E-state index contributed by atoms with van der Waals surface area (Å²) in [5.74, 6) is -0.0516. The summed E-state index contributed by atoms with van der Waals surface area (Å²) in [6, 6.07) is 7.31. The van der Waals surface area contributed by atoms with Crippen LogP contribution in [0.5, 0.6) is 0 Å². The summed E-state index contributed by atoms with van der Waals surface area (Å²) in [7, 11) is 0.